The van der Waals surface area contributed by atoms with E-state index in [0.29, 0.717) is 5.56 Å². The number of fused-ring (bicyclic) bond motifs is 1. The van der Waals surface area contributed by atoms with E-state index < -0.39 is 42.6 Å². The molecule has 0 saturated carbocycles. The minimum Gasteiger partial charge on any atom is -0.367 e. The zero-order valence-electron chi connectivity index (χ0n) is 12.2. The van der Waals surface area contributed by atoms with Crippen molar-refractivity contribution in [2.45, 2.75) is 24.1 Å². The third-order valence-electron chi connectivity index (χ3n) is 4.73. The van der Waals surface area contributed by atoms with Crippen molar-refractivity contribution in [2.75, 3.05) is 26.6 Å². The van der Waals surface area contributed by atoms with Gasteiger partial charge in [0, 0.05) is 25.4 Å². The number of carbonyl (C=O) groups excluding carboxylic acids is 1. The molecule has 0 unspecified atom stereocenters. The highest BCUT2D eigenvalue weighted by Crippen LogP contribution is 2.43. The molecule has 6 nitrogen and oxygen atoms in total. The smallest absolute Gasteiger partial charge is 0.266 e. The predicted molar refractivity (Wildman–Crippen MR) is 74.0 cm³/mol. The second-order valence-electron chi connectivity index (χ2n) is 5.79. The highest BCUT2D eigenvalue weighted by molar-refractivity contribution is 5.96. The molecule has 1 aromatic heterocycles. The number of hydrazine groups is 1. The second kappa shape index (κ2) is 5.64. The molecular weight excluding hydrogens is 315 g/mol. The zero-order chi connectivity index (χ0) is 16.7. The van der Waals surface area contributed by atoms with Gasteiger partial charge in [0.25, 0.3) is 5.91 Å². The van der Waals surface area contributed by atoms with Gasteiger partial charge in [-0.15, -0.1) is 0 Å². The topological polar surface area (TPSA) is 74.4 Å². The third kappa shape index (κ3) is 2.18. The quantitative estimate of drug-likeness (QED) is 0.849. The fraction of sp³-hybridized carbons (Fsp3) is 0.571. The van der Waals surface area contributed by atoms with Crippen molar-refractivity contribution in [3.63, 3.8) is 0 Å². The van der Waals surface area contributed by atoms with E-state index in [1.807, 2.05) is 0 Å². The van der Waals surface area contributed by atoms with E-state index in [2.05, 4.69) is 10.4 Å². The number of H-pyrrole nitrogens is 1. The first-order valence-electron chi connectivity index (χ1n) is 7.14. The van der Waals surface area contributed by atoms with Gasteiger partial charge in [-0.2, -0.15) is 0 Å². The Morgan fingerprint density at radius 3 is 2.61 bits per heavy atom. The Labute approximate surface area is 129 Å². The van der Waals surface area contributed by atoms with Crippen LogP contribution in [0.25, 0.3) is 0 Å². The molecule has 1 saturated heterocycles. The van der Waals surface area contributed by atoms with Crippen molar-refractivity contribution in [2.24, 2.45) is 0 Å². The lowest BCUT2D eigenvalue weighted by Gasteiger charge is -2.48. The van der Waals surface area contributed by atoms with Crippen molar-refractivity contribution >= 4 is 5.91 Å². The van der Waals surface area contributed by atoms with Gasteiger partial charge in [0.2, 0.25) is 5.56 Å². The average Bonchev–Trinajstić information content (AvgIpc) is 2.95. The predicted octanol–water partition coefficient (Wildman–Crippen LogP) is 0.642. The lowest BCUT2D eigenvalue weighted by molar-refractivity contribution is -0.135. The number of halogens is 3. The Morgan fingerprint density at radius 1 is 1.22 bits per heavy atom. The molecule has 23 heavy (non-hydrogen) atoms. The van der Waals surface area contributed by atoms with Gasteiger partial charge in [-0.25, -0.2) is 18.2 Å². The monoisotopic (exact) mass is 331 g/mol. The molecule has 3 rings (SSSR count). The normalized spacial score (nSPS) is 26.8. The maximum Gasteiger partial charge on any atom is 0.266 e. The van der Waals surface area contributed by atoms with E-state index in [1.54, 1.807) is 0 Å². The number of hydrogen-bond donors (Lipinski definition) is 2. The fourth-order valence-corrected chi connectivity index (χ4v) is 3.28. The van der Waals surface area contributed by atoms with Crippen LogP contribution in [0.1, 0.15) is 22.3 Å². The highest BCUT2D eigenvalue weighted by atomic mass is 19.1. The lowest BCUT2D eigenvalue weighted by atomic mass is 9.80. The molecule has 0 radical (unpaired) electrons. The van der Waals surface area contributed by atoms with Crippen LogP contribution in [0.4, 0.5) is 13.2 Å². The summed E-state index contributed by atoms with van der Waals surface area (Å²) in [6, 6.07) is 1.13. The molecule has 126 valence electrons. The molecule has 0 aromatic carbocycles. The number of carbonyl (C=O) groups is 1. The van der Waals surface area contributed by atoms with Gasteiger partial charge in [0.15, 0.2) is 0 Å². The number of nitrogens with one attached hydrogen (secondary N) is 2. The Balaban J connectivity index is 2.02. The number of rotatable bonds is 4. The fourth-order valence-electron chi connectivity index (χ4n) is 3.28. The first kappa shape index (κ1) is 16.0. The number of aromatic nitrogens is 1. The number of pyridine rings is 1. The molecule has 9 heteroatoms. The van der Waals surface area contributed by atoms with Crippen molar-refractivity contribution < 1.29 is 22.7 Å². The Morgan fingerprint density at radius 2 is 1.96 bits per heavy atom. The largest absolute Gasteiger partial charge is 0.367 e. The van der Waals surface area contributed by atoms with E-state index in [4.69, 9.17) is 4.74 Å². The molecule has 0 bridgehead atoms. The third-order valence-corrected chi connectivity index (χ3v) is 4.73. The van der Waals surface area contributed by atoms with Gasteiger partial charge < -0.3 is 9.72 Å². The molecule has 0 spiro atoms. The molecule has 2 aliphatic heterocycles. The van der Waals surface area contributed by atoms with Crippen LogP contribution < -0.4 is 11.0 Å². The SMILES string of the molecule is O=C1NN([C@@]2(CF)CCOC2(CF)CF)Cc2c[nH]c(=O)cc21. The minimum atomic E-state index is -1.96. The number of aromatic amines is 1. The van der Waals surface area contributed by atoms with E-state index in [0.717, 1.165) is 6.07 Å². The lowest BCUT2D eigenvalue weighted by Crippen LogP contribution is -2.70. The van der Waals surface area contributed by atoms with Crippen molar-refractivity contribution in [3.8, 4) is 0 Å². The van der Waals surface area contributed by atoms with Crippen molar-refractivity contribution in [1.82, 2.24) is 15.4 Å². The summed E-state index contributed by atoms with van der Waals surface area (Å²) >= 11 is 0. The first-order valence-corrected chi connectivity index (χ1v) is 7.14. The molecule has 1 fully saturated rings. The van der Waals surface area contributed by atoms with Crippen LogP contribution in [0.2, 0.25) is 0 Å². The summed E-state index contributed by atoms with van der Waals surface area (Å²) in [6.45, 7) is -3.51. The van der Waals surface area contributed by atoms with E-state index >= 15 is 0 Å². The number of nitrogens with zero attached hydrogens (tertiary/aromatic N) is 1. The number of ether oxygens (including phenoxy) is 1. The summed E-state index contributed by atoms with van der Waals surface area (Å²) in [5.74, 6) is -0.622. The molecule has 2 N–H and O–H groups in total. The number of amides is 1. The first-order chi connectivity index (χ1) is 11.0. The van der Waals surface area contributed by atoms with Crippen LogP contribution in [-0.2, 0) is 11.3 Å². The summed E-state index contributed by atoms with van der Waals surface area (Å²) in [4.78, 5) is 25.9. The highest BCUT2D eigenvalue weighted by Gasteiger charge is 2.61. The number of hydrogen-bond acceptors (Lipinski definition) is 4. The van der Waals surface area contributed by atoms with Gasteiger partial charge in [0.05, 0.1) is 5.56 Å². The van der Waals surface area contributed by atoms with Gasteiger partial charge in [-0.3, -0.25) is 15.0 Å². The summed E-state index contributed by atoms with van der Waals surface area (Å²) in [7, 11) is 0. The van der Waals surface area contributed by atoms with Gasteiger partial charge in [-0.1, -0.05) is 0 Å². The van der Waals surface area contributed by atoms with Crippen molar-refractivity contribution in [1.29, 1.82) is 0 Å². The van der Waals surface area contributed by atoms with Crippen molar-refractivity contribution in [3.05, 3.63) is 33.7 Å². The van der Waals surface area contributed by atoms with Crippen LogP contribution >= 0.6 is 0 Å². The van der Waals surface area contributed by atoms with Crippen LogP contribution in [0, 0.1) is 0 Å². The molecule has 3 heterocycles. The van der Waals surface area contributed by atoms with Crippen LogP contribution in [-0.4, -0.2) is 53.7 Å². The average molecular weight is 331 g/mol. The molecule has 1 atom stereocenters. The standard InChI is InChI=1S/C14H16F3N3O3/c15-6-13(1-2-23-14(13,7-16)8-17)20-5-9-4-18-11(21)3-10(9)12(22)19-20/h3-4H,1-2,5-8H2,(H,18,21)(H,19,22)/t13-/m1/s1. The van der Waals surface area contributed by atoms with Gasteiger partial charge in [-0.05, 0) is 12.0 Å². The van der Waals surface area contributed by atoms with Crippen LogP contribution in [0.3, 0.4) is 0 Å². The van der Waals surface area contributed by atoms with E-state index in [-0.39, 0.29) is 25.1 Å². The summed E-state index contributed by atoms with van der Waals surface area (Å²) < 4.78 is 46.1. The van der Waals surface area contributed by atoms with Gasteiger partial charge in [0.1, 0.15) is 31.2 Å². The minimum absolute atomic E-state index is 0.00683. The summed E-state index contributed by atoms with van der Waals surface area (Å²) in [5, 5.41) is 1.20. The van der Waals surface area contributed by atoms with E-state index in [1.165, 1.54) is 11.2 Å². The second-order valence-corrected chi connectivity index (χ2v) is 5.79. The molecule has 1 amide bonds. The Kier molecular flexibility index (Phi) is 3.93. The maximum absolute atomic E-state index is 13.9. The summed E-state index contributed by atoms with van der Waals surface area (Å²) in [5.41, 5.74) is -1.00. The van der Waals surface area contributed by atoms with E-state index in [9.17, 15) is 22.8 Å². The molecule has 2 aliphatic rings. The number of alkyl halides is 3. The maximum atomic E-state index is 13.9. The van der Waals surface area contributed by atoms with Crippen LogP contribution in [0.5, 0.6) is 0 Å². The molecular formula is C14H16F3N3O3. The zero-order valence-corrected chi connectivity index (χ0v) is 12.2. The van der Waals surface area contributed by atoms with Gasteiger partial charge >= 0.3 is 0 Å². The molecule has 1 aromatic rings. The summed E-state index contributed by atoms with van der Waals surface area (Å²) in [6.07, 6.45) is 1.38. The molecule has 0 aliphatic carbocycles. The Bertz CT molecular complexity index is 677. The van der Waals surface area contributed by atoms with Crippen LogP contribution in [0.15, 0.2) is 17.1 Å². The Hall–Kier alpha value is -1.87.